The van der Waals surface area contributed by atoms with Crippen LogP contribution in [0.15, 0.2) is 53.1 Å². The summed E-state index contributed by atoms with van der Waals surface area (Å²) < 4.78 is 65.3. The van der Waals surface area contributed by atoms with Crippen LogP contribution in [0.1, 0.15) is 17.7 Å². The van der Waals surface area contributed by atoms with Crippen LogP contribution in [-0.4, -0.2) is 41.6 Å². The van der Waals surface area contributed by atoms with Gasteiger partial charge in [-0.2, -0.15) is 13.2 Å². The van der Waals surface area contributed by atoms with Gasteiger partial charge in [0.25, 0.3) is 0 Å². The predicted octanol–water partition coefficient (Wildman–Crippen LogP) is 4.88. The summed E-state index contributed by atoms with van der Waals surface area (Å²) in [5.41, 5.74) is 0.306. The van der Waals surface area contributed by atoms with Crippen LogP contribution in [0.5, 0.6) is 0 Å². The molecule has 0 atom stereocenters. The second-order valence-electron chi connectivity index (χ2n) is 7.57. The number of halogens is 4. The number of fused-ring (bicyclic) bond motifs is 1. The number of amides is 1. The summed E-state index contributed by atoms with van der Waals surface area (Å²) in [7, 11) is -4.35. The van der Waals surface area contributed by atoms with Crippen LogP contribution < -0.4 is 5.32 Å². The Morgan fingerprint density at radius 1 is 1.17 bits per heavy atom. The lowest BCUT2D eigenvalue weighted by Crippen LogP contribution is -2.28. The highest BCUT2D eigenvalue weighted by Gasteiger charge is 2.35. The van der Waals surface area contributed by atoms with Crippen LogP contribution in [0.4, 0.5) is 13.2 Å². The minimum absolute atomic E-state index is 0.149. The Hall–Kier alpha value is -2.96. The Balaban J connectivity index is 1.41. The smallest absolute Gasteiger partial charge is 0.361 e. The van der Waals surface area contributed by atoms with Gasteiger partial charge in [-0.3, -0.25) is 4.79 Å². The number of alkyl halides is 3. The average molecular weight is 543 g/mol. The third kappa shape index (κ3) is 6.00. The van der Waals surface area contributed by atoms with E-state index in [2.05, 4.69) is 20.3 Å². The molecule has 35 heavy (non-hydrogen) atoms. The number of hydrogen-bond acceptors (Lipinski definition) is 6. The number of nitrogens with zero attached hydrogens (tertiary/aromatic N) is 2. The third-order valence-corrected chi connectivity index (χ3v) is 7.70. The molecular formula is C22H18ClF3N4O3S2. The van der Waals surface area contributed by atoms with Crippen LogP contribution in [0.25, 0.3) is 21.5 Å². The Labute approximate surface area is 207 Å². The predicted molar refractivity (Wildman–Crippen MR) is 127 cm³/mol. The molecular weight excluding hydrogens is 525 g/mol. The number of benzene rings is 1. The summed E-state index contributed by atoms with van der Waals surface area (Å²) in [4.78, 5) is 22.8. The van der Waals surface area contributed by atoms with Gasteiger partial charge in [-0.25, -0.2) is 18.4 Å². The molecule has 1 aromatic carbocycles. The van der Waals surface area contributed by atoms with E-state index in [0.29, 0.717) is 22.4 Å². The molecule has 0 radical (unpaired) electrons. The Morgan fingerprint density at radius 3 is 2.69 bits per heavy atom. The zero-order valence-electron chi connectivity index (χ0n) is 17.9. The first-order chi connectivity index (χ1) is 16.5. The molecule has 3 aromatic heterocycles. The van der Waals surface area contributed by atoms with Crippen molar-refractivity contribution in [3.8, 4) is 10.6 Å². The number of nitrogens with one attached hydrogen (secondary N) is 2. The maximum absolute atomic E-state index is 13.3. The first-order valence-electron chi connectivity index (χ1n) is 10.3. The molecule has 0 spiro atoms. The van der Waals surface area contributed by atoms with Crippen molar-refractivity contribution < 1.29 is 26.4 Å². The van der Waals surface area contributed by atoms with E-state index in [9.17, 15) is 26.4 Å². The molecule has 13 heteroatoms. The molecule has 0 aliphatic heterocycles. The second-order valence-corrected chi connectivity index (χ2v) is 11.0. The van der Waals surface area contributed by atoms with Crippen molar-refractivity contribution in [3.05, 3.63) is 64.3 Å². The van der Waals surface area contributed by atoms with E-state index in [4.69, 9.17) is 11.6 Å². The van der Waals surface area contributed by atoms with Gasteiger partial charge in [-0.15, -0.1) is 11.3 Å². The molecule has 3 heterocycles. The number of carbonyl (C=O) groups excluding carboxylic acids is 1. The van der Waals surface area contributed by atoms with Gasteiger partial charge in [-0.1, -0.05) is 17.7 Å². The number of H-pyrrole nitrogens is 1. The van der Waals surface area contributed by atoms with Crippen LogP contribution in [-0.2, 0) is 27.2 Å². The molecule has 0 aliphatic rings. The van der Waals surface area contributed by atoms with Crippen molar-refractivity contribution in [2.45, 2.75) is 24.2 Å². The highest BCUT2D eigenvalue weighted by Crippen LogP contribution is 2.32. The minimum Gasteiger partial charge on any atom is -0.361 e. The zero-order valence-corrected chi connectivity index (χ0v) is 20.3. The molecule has 0 bridgehead atoms. The summed E-state index contributed by atoms with van der Waals surface area (Å²) in [6, 6.07) is 9.23. The van der Waals surface area contributed by atoms with Crippen molar-refractivity contribution in [1.82, 2.24) is 20.3 Å². The summed E-state index contributed by atoms with van der Waals surface area (Å²) in [5, 5.41) is 4.79. The van der Waals surface area contributed by atoms with Gasteiger partial charge in [0.2, 0.25) is 20.9 Å². The maximum Gasteiger partial charge on any atom is 0.433 e. The van der Waals surface area contributed by atoms with E-state index < -0.39 is 44.9 Å². The van der Waals surface area contributed by atoms with Crippen molar-refractivity contribution in [3.63, 3.8) is 0 Å². The van der Waals surface area contributed by atoms with Gasteiger partial charge in [0.1, 0.15) is 5.69 Å². The SMILES string of the molecule is O=C(CCS(=O)(=O)c1nc(-c2cccs2)cc(C(F)(F)F)n1)NCCc1c[nH]c2ccc(Cl)cc12. The van der Waals surface area contributed by atoms with E-state index in [0.717, 1.165) is 27.8 Å². The zero-order chi connectivity index (χ0) is 25.2. The summed E-state index contributed by atoms with van der Waals surface area (Å²) >= 11 is 7.14. The molecule has 184 valence electrons. The van der Waals surface area contributed by atoms with Crippen LogP contribution in [0.3, 0.4) is 0 Å². The fourth-order valence-corrected chi connectivity index (χ4v) is 5.33. The van der Waals surface area contributed by atoms with Crippen molar-refractivity contribution in [2.24, 2.45) is 0 Å². The molecule has 0 fully saturated rings. The van der Waals surface area contributed by atoms with Crippen LogP contribution >= 0.6 is 22.9 Å². The normalized spacial score (nSPS) is 12.2. The van der Waals surface area contributed by atoms with Gasteiger partial charge < -0.3 is 10.3 Å². The van der Waals surface area contributed by atoms with Crippen LogP contribution in [0, 0.1) is 0 Å². The average Bonchev–Trinajstić information content (AvgIpc) is 3.47. The number of hydrogen-bond donors (Lipinski definition) is 2. The van der Waals surface area contributed by atoms with Crippen molar-refractivity contribution in [2.75, 3.05) is 12.3 Å². The first kappa shape index (κ1) is 25.1. The molecule has 2 N–H and O–H groups in total. The van der Waals surface area contributed by atoms with E-state index in [1.54, 1.807) is 29.8 Å². The topological polar surface area (TPSA) is 105 Å². The number of rotatable bonds is 8. The Bertz CT molecular complexity index is 1470. The summed E-state index contributed by atoms with van der Waals surface area (Å²) in [5.74, 6) is -1.29. The molecule has 4 rings (SSSR count). The Morgan fingerprint density at radius 2 is 1.97 bits per heavy atom. The first-order valence-corrected chi connectivity index (χ1v) is 13.2. The molecule has 7 nitrogen and oxygen atoms in total. The maximum atomic E-state index is 13.3. The Kier molecular flexibility index (Phi) is 7.15. The molecule has 0 unspecified atom stereocenters. The van der Waals surface area contributed by atoms with E-state index in [-0.39, 0.29) is 12.2 Å². The number of thiophene rings is 1. The lowest BCUT2D eigenvalue weighted by molar-refractivity contribution is -0.141. The molecule has 0 saturated heterocycles. The molecule has 4 aromatic rings. The van der Waals surface area contributed by atoms with Gasteiger partial charge in [0.05, 0.1) is 16.3 Å². The van der Waals surface area contributed by atoms with Gasteiger partial charge in [0.15, 0.2) is 0 Å². The minimum atomic E-state index is -4.86. The van der Waals surface area contributed by atoms with Crippen LogP contribution in [0.2, 0.25) is 5.02 Å². The second kappa shape index (κ2) is 9.96. The van der Waals surface area contributed by atoms with E-state index >= 15 is 0 Å². The highest BCUT2D eigenvalue weighted by molar-refractivity contribution is 7.91. The van der Waals surface area contributed by atoms with Gasteiger partial charge in [-0.05, 0) is 47.7 Å². The quantitative estimate of drug-likeness (QED) is 0.309. The lowest BCUT2D eigenvalue weighted by Gasteiger charge is -2.10. The van der Waals surface area contributed by atoms with Gasteiger partial charge in [0, 0.05) is 35.1 Å². The molecule has 0 aliphatic carbocycles. The molecule has 1 amide bonds. The van der Waals surface area contributed by atoms with E-state index in [1.807, 2.05) is 6.07 Å². The molecule has 0 saturated carbocycles. The number of aromatic amines is 1. The highest BCUT2D eigenvalue weighted by atomic mass is 35.5. The summed E-state index contributed by atoms with van der Waals surface area (Å²) in [6.07, 6.45) is -3.04. The fourth-order valence-electron chi connectivity index (χ4n) is 3.36. The van der Waals surface area contributed by atoms with Crippen molar-refractivity contribution in [1.29, 1.82) is 0 Å². The fraction of sp³-hybridized carbons (Fsp3) is 0.227. The summed E-state index contributed by atoms with van der Waals surface area (Å²) in [6.45, 7) is 0.237. The third-order valence-electron chi connectivity index (χ3n) is 5.09. The number of sulfone groups is 1. The van der Waals surface area contributed by atoms with Crippen molar-refractivity contribution >= 4 is 49.6 Å². The number of aromatic nitrogens is 3. The number of carbonyl (C=O) groups is 1. The lowest BCUT2D eigenvalue weighted by atomic mass is 10.1. The van der Waals surface area contributed by atoms with E-state index in [1.165, 1.54) is 6.07 Å². The van der Waals surface area contributed by atoms with Gasteiger partial charge >= 0.3 is 6.18 Å². The largest absolute Gasteiger partial charge is 0.433 e. The monoisotopic (exact) mass is 542 g/mol. The standard InChI is InChI=1S/C22H18ClF3N4O3S2/c23-14-3-4-16-15(10-14)13(12-28-16)5-7-27-20(31)6-9-35(32,33)21-29-17(18-2-1-8-34-18)11-19(30-21)22(24,25)26/h1-4,8,10-12,28H,5-7,9H2,(H,27,31).